The molecule has 0 unspecified atom stereocenters. The van der Waals surface area contributed by atoms with Gasteiger partial charge in [0.15, 0.2) is 5.75 Å². The minimum absolute atomic E-state index is 0.0232. The highest BCUT2D eigenvalue weighted by atomic mass is 19.4. The van der Waals surface area contributed by atoms with E-state index in [-0.39, 0.29) is 11.4 Å². The second-order valence-electron chi connectivity index (χ2n) is 4.66. The van der Waals surface area contributed by atoms with Gasteiger partial charge in [-0.1, -0.05) is 18.2 Å². The Morgan fingerprint density at radius 1 is 1.18 bits per heavy atom. The third-order valence-corrected chi connectivity index (χ3v) is 3.18. The Labute approximate surface area is 123 Å². The second kappa shape index (κ2) is 5.28. The van der Waals surface area contributed by atoms with Crippen molar-refractivity contribution in [3.63, 3.8) is 0 Å². The topological polar surface area (TPSA) is 76.3 Å². The van der Waals surface area contributed by atoms with Gasteiger partial charge in [-0.3, -0.25) is 10.1 Å². The molecule has 0 fully saturated rings. The number of nitro groups is 1. The van der Waals surface area contributed by atoms with Crippen LogP contribution in [-0.2, 0) is 6.18 Å². The van der Waals surface area contributed by atoms with Crippen LogP contribution in [0, 0.1) is 24.0 Å². The zero-order chi connectivity index (χ0) is 16.7. The Morgan fingerprint density at radius 2 is 1.77 bits per heavy atom. The van der Waals surface area contributed by atoms with E-state index < -0.39 is 39.2 Å². The van der Waals surface area contributed by atoms with Crippen molar-refractivity contribution in [2.75, 3.05) is 0 Å². The fraction of sp³-hybridized carbons (Fsp3) is 0.214. The van der Waals surface area contributed by atoms with Crippen molar-refractivity contribution in [2.24, 2.45) is 0 Å². The molecule has 8 heteroatoms. The smallest absolute Gasteiger partial charge is 0.417 e. The monoisotopic (exact) mass is 312 g/mol. The summed E-state index contributed by atoms with van der Waals surface area (Å²) in [5, 5.41) is 21.3. The third kappa shape index (κ3) is 2.59. The van der Waals surface area contributed by atoms with Crippen LogP contribution in [0.3, 0.4) is 0 Å². The summed E-state index contributed by atoms with van der Waals surface area (Å²) < 4.78 is 39.4. The van der Waals surface area contributed by atoms with E-state index in [1.54, 1.807) is 0 Å². The van der Waals surface area contributed by atoms with Gasteiger partial charge in [0.25, 0.3) is 0 Å². The highest BCUT2D eigenvalue weighted by Gasteiger charge is 2.37. The number of hydrogen-bond donors (Lipinski definition) is 1. The lowest BCUT2D eigenvalue weighted by molar-refractivity contribution is -0.385. The van der Waals surface area contributed by atoms with Gasteiger partial charge in [-0.2, -0.15) is 13.2 Å². The number of hydrogen-bond acceptors (Lipinski definition) is 4. The molecule has 0 spiro atoms. The molecule has 1 aromatic carbocycles. The van der Waals surface area contributed by atoms with Crippen molar-refractivity contribution in [3.05, 3.63) is 51.3 Å². The van der Waals surface area contributed by atoms with Gasteiger partial charge in [-0.05, 0) is 19.9 Å². The minimum Gasteiger partial charge on any atom is -0.505 e. The van der Waals surface area contributed by atoms with Gasteiger partial charge < -0.3 is 5.11 Å². The molecule has 0 bridgehead atoms. The molecule has 0 atom stereocenters. The van der Waals surface area contributed by atoms with Crippen LogP contribution in [0.1, 0.15) is 17.0 Å². The third-order valence-electron chi connectivity index (χ3n) is 3.18. The molecule has 22 heavy (non-hydrogen) atoms. The van der Waals surface area contributed by atoms with Crippen LogP contribution in [0.4, 0.5) is 18.9 Å². The van der Waals surface area contributed by atoms with Crippen LogP contribution in [-0.4, -0.2) is 15.0 Å². The maximum Gasteiger partial charge on any atom is 0.417 e. The number of aryl methyl sites for hydroxylation is 2. The average Bonchev–Trinajstić information content (AvgIpc) is 2.41. The van der Waals surface area contributed by atoms with Crippen molar-refractivity contribution in [2.45, 2.75) is 20.0 Å². The number of alkyl halides is 3. The number of rotatable bonds is 2. The predicted octanol–water partition coefficient (Wildman–Crippen LogP) is 4.00. The van der Waals surface area contributed by atoms with Crippen LogP contribution in [0.2, 0.25) is 0 Å². The number of aromatic nitrogens is 1. The minimum atomic E-state index is -4.71. The highest BCUT2D eigenvalue weighted by Crippen LogP contribution is 2.45. The largest absolute Gasteiger partial charge is 0.505 e. The van der Waals surface area contributed by atoms with Crippen LogP contribution in [0.15, 0.2) is 24.3 Å². The van der Waals surface area contributed by atoms with Crippen molar-refractivity contribution >= 4 is 5.69 Å². The SMILES string of the molecule is Cc1nc(C)c([N+](=O)[O-])c(-c2ccccc2C(F)(F)F)c1O. The Hall–Kier alpha value is -2.64. The number of benzene rings is 1. The van der Waals surface area contributed by atoms with Crippen molar-refractivity contribution in [1.29, 1.82) is 0 Å². The second-order valence-corrected chi connectivity index (χ2v) is 4.66. The molecule has 0 aliphatic heterocycles. The van der Waals surface area contributed by atoms with Crippen LogP contribution >= 0.6 is 0 Å². The predicted molar refractivity (Wildman–Crippen MR) is 72.5 cm³/mol. The van der Waals surface area contributed by atoms with E-state index in [4.69, 9.17) is 0 Å². The summed E-state index contributed by atoms with van der Waals surface area (Å²) in [6.45, 7) is 2.68. The van der Waals surface area contributed by atoms with Gasteiger partial charge in [0.2, 0.25) is 0 Å². The summed E-state index contributed by atoms with van der Waals surface area (Å²) in [5.74, 6) is -0.631. The lowest BCUT2D eigenvalue weighted by Crippen LogP contribution is -2.09. The van der Waals surface area contributed by atoms with E-state index in [1.165, 1.54) is 26.0 Å². The summed E-state index contributed by atoms with van der Waals surface area (Å²) in [5.41, 5.74) is -2.66. The van der Waals surface area contributed by atoms with Gasteiger partial charge in [-0.15, -0.1) is 0 Å². The first-order chi connectivity index (χ1) is 10.1. The molecule has 0 aliphatic carbocycles. The van der Waals surface area contributed by atoms with E-state index in [1.807, 2.05) is 0 Å². The van der Waals surface area contributed by atoms with Crippen LogP contribution in [0.5, 0.6) is 5.75 Å². The molecule has 0 amide bonds. The van der Waals surface area contributed by atoms with Crippen molar-refractivity contribution in [3.8, 4) is 16.9 Å². The Morgan fingerprint density at radius 3 is 2.32 bits per heavy atom. The summed E-state index contributed by atoms with van der Waals surface area (Å²) in [6.07, 6.45) is -4.71. The van der Waals surface area contributed by atoms with Crippen molar-refractivity contribution in [1.82, 2.24) is 4.98 Å². The van der Waals surface area contributed by atoms with E-state index >= 15 is 0 Å². The molecule has 2 rings (SSSR count). The van der Waals surface area contributed by atoms with E-state index in [0.29, 0.717) is 0 Å². The first-order valence-electron chi connectivity index (χ1n) is 6.15. The molecule has 0 saturated carbocycles. The van der Waals surface area contributed by atoms with Gasteiger partial charge in [0.1, 0.15) is 11.3 Å². The first-order valence-corrected chi connectivity index (χ1v) is 6.15. The maximum atomic E-state index is 13.1. The summed E-state index contributed by atoms with van der Waals surface area (Å²) in [7, 11) is 0. The standard InChI is InChI=1S/C14H11F3N2O3/c1-7-12(19(21)22)11(13(20)8(2)18-7)9-5-3-4-6-10(9)14(15,16)17/h3-6,20H,1-2H3. The number of pyridine rings is 1. The molecule has 5 nitrogen and oxygen atoms in total. The van der Waals surface area contributed by atoms with E-state index in [2.05, 4.69) is 4.98 Å². The van der Waals surface area contributed by atoms with E-state index in [9.17, 15) is 28.4 Å². The highest BCUT2D eigenvalue weighted by molar-refractivity contribution is 5.83. The summed E-state index contributed by atoms with van der Waals surface area (Å²) in [6, 6.07) is 4.39. The molecular weight excluding hydrogens is 301 g/mol. The molecule has 0 aliphatic rings. The molecule has 1 N–H and O–H groups in total. The molecule has 1 aromatic heterocycles. The zero-order valence-corrected chi connectivity index (χ0v) is 11.6. The molecular formula is C14H11F3N2O3. The molecule has 2 aromatic rings. The molecule has 116 valence electrons. The van der Waals surface area contributed by atoms with Crippen LogP contribution < -0.4 is 0 Å². The quantitative estimate of drug-likeness (QED) is 0.671. The van der Waals surface area contributed by atoms with Gasteiger partial charge in [0.05, 0.1) is 16.2 Å². The summed E-state index contributed by atoms with van der Waals surface area (Å²) >= 11 is 0. The lowest BCUT2D eigenvalue weighted by atomic mass is 9.96. The molecule has 1 heterocycles. The lowest BCUT2D eigenvalue weighted by Gasteiger charge is -2.15. The van der Waals surface area contributed by atoms with Crippen LogP contribution in [0.25, 0.3) is 11.1 Å². The fourth-order valence-electron chi connectivity index (χ4n) is 2.26. The summed E-state index contributed by atoms with van der Waals surface area (Å²) in [4.78, 5) is 14.2. The number of nitrogens with zero attached hydrogens (tertiary/aromatic N) is 2. The number of halogens is 3. The normalized spacial score (nSPS) is 11.5. The van der Waals surface area contributed by atoms with Gasteiger partial charge in [0, 0.05) is 5.56 Å². The van der Waals surface area contributed by atoms with Gasteiger partial charge in [-0.25, -0.2) is 4.98 Å². The number of aromatic hydroxyl groups is 1. The fourth-order valence-corrected chi connectivity index (χ4v) is 2.26. The average molecular weight is 312 g/mol. The Kier molecular flexibility index (Phi) is 3.78. The van der Waals surface area contributed by atoms with E-state index in [0.717, 1.165) is 12.1 Å². The Bertz CT molecular complexity index is 758. The maximum absolute atomic E-state index is 13.1. The molecule has 0 radical (unpaired) electrons. The van der Waals surface area contributed by atoms with Gasteiger partial charge >= 0.3 is 11.9 Å². The first kappa shape index (κ1) is 15.7. The molecule has 0 saturated heterocycles. The van der Waals surface area contributed by atoms with Crippen molar-refractivity contribution < 1.29 is 23.2 Å². The zero-order valence-electron chi connectivity index (χ0n) is 11.6. The Balaban J connectivity index is 2.93.